The van der Waals surface area contributed by atoms with Crippen molar-refractivity contribution in [3.05, 3.63) is 96.9 Å². The van der Waals surface area contributed by atoms with Crippen LogP contribution in [0.1, 0.15) is 18.1 Å². The SMILES string of the molecule is CCOc1cc(/C=C2\SC(=Nc3cccc(Cl)c3Cl)NC2=O)ccc1OCc1ccc([N+](=O)[O-])cc1. The van der Waals surface area contributed by atoms with Crippen LogP contribution in [0.15, 0.2) is 70.6 Å². The molecule has 184 valence electrons. The molecule has 1 saturated heterocycles. The minimum atomic E-state index is -0.449. The van der Waals surface area contributed by atoms with Crippen LogP contribution >= 0.6 is 35.0 Å². The normalized spacial score (nSPS) is 15.2. The van der Waals surface area contributed by atoms with Gasteiger partial charge in [-0.3, -0.25) is 14.9 Å². The van der Waals surface area contributed by atoms with Gasteiger partial charge in [0, 0.05) is 12.1 Å². The number of nitro benzene ring substituents is 1. The highest BCUT2D eigenvalue weighted by Crippen LogP contribution is 2.35. The second kappa shape index (κ2) is 11.5. The van der Waals surface area contributed by atoms with Gasteiger partial charge in [-0.15, -0.1) is 0 Å². The van der Waals surface area contributed by atoms with Crippen molar-refractivity contribution in [2.24, 2.45) is 4.99 Å². The fraction of sp³-hybridized carbons (Fsp3) is 0.120. The molecule has 1 N–H and O–H groups in total. The summed E-state index contributed by atoms with van der Waals surface area (Å²) in [6, 6.07) is 16.6. The molecule has 36 heavy (non-hydrogen) atoms. The Kier molecular flexibility index (Phi) is 8.14. The second-order valence-electron chi connectivity index (χ2n) is 7.41. The minimum Gasteiger partial charge on any atom is -0.490 e. The van der Waals surface area contributed by atoms with E-state index in [0.717, 1.165) is 11.1 Å². The summed E-state index contributed by atoms with van der Waals surface area (Å²) in [7, 11) is 0. The first-order valence-electron chi connectivity index (χ1n) is 10.7. The van der Waals surface area contributed by atoms with Crippen LogP contribution in [0.3, 0.4) is 0 Å². The first-order valence-corrected chi connectivity index (χ1v) is 12.3. The second-order valence-corrected chi connectivity index (χ2v) is 9.22. The van der Waals surface area contributed by atoms with E-state index >= 15 is 0 Å². The molecular formula is C25H19Cl2N3O5S. The van der Waals surface area contributed by atoms with E-state index in [1.165, 1.54) is 23.9 Å². The van der Waals surface area contributed by atoms with Gasteiger partial charge in [-0.1, -0.05) is 35.3 Å². The topological polar surface area (TPSA) is 103 Å². The van der Waals surface area contributed by atoms with Crippen molar-refractivity contribution in [2.75, 3.05) is 6.61 Å². The Bertz CT molecular complexity index is 1380. The van der Waals surface area contributed by atoms with Crippen molar-refractivity contribution in [1.82, 2.24) is 5.32 Å². The van der Waals surface area contributed by atoms with Crippen LogP contribution in [0.5, 0.6) is 11.5 Å². The minimum absolute atomic E-state index is 0.0174. The number of rotatable bonds is 8. The number of nitrogens with one attached hydrogen (secondary N) is 1. The van der Waals surface area contributed by atoms with Gasteiger partial charge in [0.2, 0.25) is 0 Å². The average molecular weight is 544 g/mol. The summed E-state index contributed by atoms with van der Waals surface area (Å²) in [6.07, 6.45) is 1.73. The molecule has 0 spiro atoms. The van der Waals surface area contributed by atoms with Crippen LogP contribution in [0, 0.1) is 10.1 Å². The first-order chi connectivity index (χ1) is 17.3. The van der Waals surface area contributed by atoms with Crippen LogP contribution in [-0.4, -0.2) is 22.6 Å². The summed E-state index contributed by atoms with van der Waals surface area (Å²) in [6.45, 7) is 2.48. The zero-order chi connectivity index (χ0) is 25.7. The number of halogens is 2. The molecule has 0 atom stereocenters. The third-order valence-corrected chi connectivity index (χ3v) is 6.63. The van der Waals surface area contributed by atoms with Crippen LogP contribution < -0.4 is 14.8 Å². The number of thioether (sulfide) groups is 1. The van der Waals surface area contributed by atoms with E-state index in [1.807, 2.05) is 6.92 Å². The highest BCUT2D eigenvalue weighted by Gasteiger charge is 2.24. The summed E-state index contributed by atoms with van der Waals surface area (Å²) in [5.41, 5.74) is 1.99. The molecule has 0 aromatic heterocycles. The quantitative estimate of drug-likeness (QED) is 0.191. The van der Waals surface area contributed by atoms with Crippen molar-refractivity contribution in [3.8, 4) is 11.5 Å². The number of carbonyl (C=O) groups excluding carboxylic acids is 1. The number of non-ortho nitro benzene ring substituents is 1. The molecule has 1 amide bonds. The lowest BCUT2D eigenvalue weighted by Crippen LogP contribution is -2.19. The zero-order valence-electron chi connectivity index (χ0n) is 18.9. The maximum atomic E-state index is 12.5. The number of aliphatic imine (C=N–C) groups is 1. The Balaban J connectivity index is 1.50. The lowest BCUT2D eigenvalue weighted by atomic mass is 10.1. The maximum Gasteiger partial charge on any atom is 0.269 e. The molecule has 1 aliphatic heterocycles. The predicted molar refractivity (Wildman–Crippen MR) is 142 cm³/mol. The number of nitro groups is 1. The average Bonchev–Trinajstić information content (AvgIpc) is 3.20. The van der Waals surface area contributed by atoms with Crippen LogP contribution in [0.4, 0.5) is 11.4 Å². The summed E-state index contributed by atoms with van der Waals surface area (Å²) >= 11 is 13.4. The molecule has 0 radical (unpaired) electrons. The molecule has 8 nitrogen and oxygen atoms in total. The van der Waals surface area contributed by atoms with Gasteiger partial charge in [0.25, 0.3) is 11.6 Å². The van der Waals surface area contributed by atoms with Gasteiger partial charge in [-0.05, 0) is 72.3 Å². The fourth-order valence-electron chi connectivity index (χ4n) is 3.20. The van der Waals surface area contributed by atoms with Gasteiger partial charge in [0.05, 0.1) is 32.2 Å². The highest BCUT2D eigenvalue weighted by atomic mass is 35.5. The molecule has 11 heteroatoms. The van der Waals surface area contributed by atoms with Gasteiger partial charge >= 0.3 is 0 Å². The molecule has 1 fully saturated rings. The van der Waals surface area contributed by atoms with E-state index in [-0.39, 0.29) is 18.2 Å². The van der Waals surface area contributed by atoms with Crippen molar-refractivity contribution >= 4 is 63.5 Å². The Hall–Kier alpha value is -3.53. The largest absolute Gasteiger partial charge is 0.490 e. The van der Waals surface area contributed by atoms with E-state index in [1.54, 1.807) is 54.6 Å². The summed E-state index contributed by atoms with van der Waals surface area (Å²) in [5, 5.41) is 14.6. The van der Waals surface area contributed by atoms with Crippen LogP contribution in [-0.2, 0) is 11.4 Å². The fourth-order valence-corrected chi connectivity index (χ4v) is 4.37. The van der Waals surface area contributed by atoms with Crippen molar-refractivity contribution < 1.29 is 19.2 Å². The molecule has 0 bridgehead atoms. The summed E-state index contributed by atoms with van der Waals surface area (Å²) in [5.74, 6) is 0.740. The van der Waals surface area contributed by atoms with E-state index in [4.69, 9.17) is 32.7 Å². The predicted octanol–water partition coefficient (Wildman–Crippen LogP) is 6.77. The van der Waals surface area contributed by atoms with E-state index in [9.17, 15) is 14.9 Å². The number of carbonyl (C=O) groups is 1. The van der Waals surface area contributed by atoms with E-state index < -0.39 is 4.92 Å². The number of benzene rings is 3. The van der Waals surface area contributed by atoms with Crippen LogP contribution in [0.2, 0.25) is 10.0 Å². The third-order valence-electron chi connectivity index (χ3n) is 4.91. The van der Waals surface area contributed by atoms with Gasteiger partial charge in [0.15, 0.2) is 16.7 Å². The third kappa shape index (κ3) is 6.17. The summed E-state index contributed by atoms with van der Waals surface area (Å²) in [4.78, 5) is 27.7. The standard InChI is InChI=1S/C25H19Cl2N3O5S/c1-2-34-21-12-16(8-11-20(21)35-14-15-6-9-17(10-7-15)30(32)33)13-22-24(31)29-25(36-22)28-19-5-3-4-18(26)23(19)27/h3-13H,2,14H2,1H3,(H,28,29,31)/b22-13-. The molecule has 0 saturated carbocycles. The zero-order valence-corrected chi connectivity index (χ0v) is 21.2. The van der Waals surface area contributed by atoms with E-state index in [2.05, 4.69) is 10.3 Å². The van der Waals surface area contributed by atoms with Crippen molar-refractivity contribution in [1.29, 1.82) is 0 Å². The van der Waals surface area contributed by atoms with Gasteiger partial charge in [-0.25, -0.2) is 4.99 Å². The number of hydrogen-bond donors (Lipinski definition) is 1. The van der Waals surface area contributed by atoms with Gasteiger partial charge < -0.3 is 14.8 Å². The molecule has 3 aromatic rings. The number of ether oxygens (including phenoxy) is 2. The number of amidine groups is 1. The number of hydrogen-bond acceptors (Lipinski definition) is 7. The molecular weight excluding hydrogens is 525 g/mol. The maximum absolute atomic E-state index is 12.5. The molecule has 3 aromatic carbocycles. The molecule has 1 heterocycles. The number of nitrogens with zero attached hydrogens (tertiary/aromatic N) is 2. The Morgan fingerprint density at radius 1 is 1.08 bits per heavy atom. The Morgan fingerprint density at radius 2 is 1.86 bits per heavy atom. The molecule has 1 aliphatic rings. The Labute approximate surface area is 221 Å². The smallest absolute Gasteiger partial charge is 0.269 e. The molecule has 4 rings (SSSR count). The Morgan fingerprint density at radius 3 is 2.58 bits per heavy atom. The van der Waals surface area contributed by atoms with Gasteiger partial charge in [-0.2, -0.15) is 0 Å². The van der Waals surface area contributed by atoms with Crippen molar-refractivity contribution in [2.45, 2.75) is 13.5 Å². The van der Waals surface area contributed by atoms with Crippen LogP contribution in [0.25, 0.3) is 6.08 Å². The summed E-state index contributed by atoms with van der Waals surface area (Å²) < 4.78 is 11.6. The monoisotopic (exact) mass is 543 g/mol. The number of amides is 1. The first kappa shape index (κ1) is 25.6. The van der Waals surface area contributed by atoms with Crippen molar-refractivity contribution in [3.63, 3.8) is 0 Å². The highest BCUT2D eigenvalue weighted by molar-refractivity contribution is 8.18. The lowest BCUT2D eigenvalue weighted by Gasteiger charge is -2.13. The van der Waals surface area contributed by atoms with E-state index in [0.29, 0.717) is 43.9 Å². The van der Waals surface area contributed by atoms with Gasteiger partial charge in [0.1, 0.15) is 6.61 Å². The molecule has 0 aliphatic carbocycles. The lowest BCUT2D eigenvalue weighted by molar-refractivity contribution is -0.384. The molecule has 0 unspecified atom stereocenters.